The maximum atomic E-state index is 12.9. The van der Waals surface area contributed by atoms with E-state index in [0.29, 0.717) is 6.61 Å². The first-order chi connectivity index (χ1) is 12.6. The fourth-order valence-corrected chi connectivity index (χ4v) is 3.09. The number of ether oxygens (including phenoxy) is 2. The maximum absolute atomic E-state index is 12.9. The predicted molar refractivity (Wildman–Crippen MR) is 104 cm³/mol. The molecule has 5 heteroatoms. The number of alkyl halides is 1. The second-order valence-corrected chi connectivity index (χ2v) is 7.25. The van der Waals surface area contributed by atoms with Crippen molar-refractivity contribution in [3.05, 3.63) is 65.5 Å². The van der Waals surface area contributed by atoms with Crippen LogP contribution in [-0.4, -0.2) is 17.9 Å². The number of carbonyl (C=O) groups excluding carboxylic acids is 1. The van der Waals surface area contributed by atoms with Crippen LogP contribution in [0.2, 0.25) is 0 Å². The lowest BCUT2D eigenvalue weighted by Crippen LogP contribution is -2.15. The van der Waals surface area contributed by atoms with E-state index < -0.39 is 0 Å². The highest BCUT2D eigenvalue weighted by Gasteiger charge is 2.13. The molecule has 0 fully saturated rings. The zero-order chi connectivity index (χ0) is 18.8. The van der Waals surface area contributed by atoms with Gasteiger partial charge >= 0.3 is 5.97 Å². The number of methoxy groups -OCH3 is 1. The van der Waals surface area contributed by atoms with Gasteiger partial charge in [-0.1, -0.05) is 53.0 Å². The summed E-state index contributed by atoms with van der Waals surface area (Å²) in [5, 5.41) is 0. The maximum Gasteiger partial charge on any atom is 0.319 e. The first kappa shape index (κ1) is 20.4. The lowest BCUT2D eigenvalue weighted by atomic mass is 10.1. The van der Waals surface area contributed by atoms with Crippen molar-refractivity contribution in [2.24, 2.45) is 0 Å². The normalized spacial score (nSPS) is 11.8. The van der Waals surface area contributed by atoms with E-state index in [2.05, 4.69) is 32.8 Å². The Morgan fingerprint density at radius 1 is 1.00 bits per heavy atom. The Morgan fingerprint density at radius 2 is 1.65 bits per heavy atom. The number of aryl methyl sites for hydroxylation is 1. The molecule has 0 spiro atoms. The minimum atomic E-state index is -0.241. The van der Waals surface area contributed by atoms with E-state index in [-0.39, 0.29) is 16.6 Å². The molecule has 1 atom stereocenters. The van der Waals surface area contributed by atoms with Crippen LogP contribution < -0.4 is 4.74 Å². The van der Waals surface area contributed by atoms with Gasteiger partial charge in [0.05, 0.1) is 7.11 Å². The van der Waals surface area contributed by atoms with Crippen molar-refractivity contribution < 1.29 is 18.7 Å². The van der Waals surface area contributed by atoms with Gasteiger partial charge in [-0.3, -0.25) is 4.79 Å². The smallest absolute Gasteiger partial charge is 0.319 e. The van der Waals surface area contributed by atoms with Gasteiger partial charge in [0.2, 0.25) is 0 Å². The number of carbonyl (C=O) groups is 1. The number of unbranched alkanes of at least 4 members (excludes halogenated alkanes) is 2. The van der Waals surface area contributed by atoms with Gasteiger partial charge in [0.15, 0.2) is 0 Å². The van der Waals surface area contributed by atoms with E-state index in [9.17, 15) is 9.18 Å². The van der Waals surface area contributed by atoms with Crippen LogP contribution in [0.25, 0.3) is 0 Å². The Balaban J connectivity index is 1.65. The minimum absolute atomic E-state index is 0.204. The topological polar surface area (TPSA) is 35.5 Å². The Morgan fingerprint density at radius 3 is 2.31 bits per heavy atom. The molecule has 0 aliphatic rings. The molecule has 26 heavy (non-hydrogen) atoms. The van der Waals surface area contributed by atoms with Gasteiger partial charge in [0.25, 0.3) is 0 Å². The van der Waals surface area contributed by atoms with Crippen molar-refractivity contribution in [2.75, 3.05) is 7.11 Å². The third-order valence-electron chi connectivity index (χ3n) is 4.12. The van der Waals surface area contributed by atoms with E-state index in [1.54, 1.807) is 12.1 Å². The van der Waals surface area contributed by atoms with Crippen molar-refractivity contribution >= 4 is 21.9 Å². The fourth-order valence-electron chi connectivity index (χ4n) is 2.57. The van der Waals surface area contributed by atoms with Crippen LogP contribution in [0.5, 0.6) is 5.75 Å². The average Bonchev–Trinajstić information content (AvgIpc) is 2.67. The SMILES string of the molecule is COC(=O)C(Br)CCCCCc1ccc(OCc2ccc(F)cc2)cc1. The molecular formula is C21H24BrFO3. The van der Waals surface area contributed by atoms with Gasteiger partial charge in [0.1, 0.15) is 23.0 Å². The monoisotopic (exact) mass is 422 g/mol. The Bertz CT molecular complexity index is 671. The standard InChI is InChI=1S/C21H24BrFO3/c1-25-21(24)20(22)6-4-2-3-5-16-9-13-19(14-10-16)26-15-17-7-11-18(23)12-8-17/h7-14,20H,2-6,15H2,1H3. The summed E-state index contributed by atoms with van der Waals surface area (Å²) in [6.45, 7) is 0.424. The molecule has 3 nitrogen and oxygen atoms in total. The van der Waals surface area contributed by atoms with Crippen LogP contribution in [0.1, 0.15) is 36.8 Å². The van der Waals surface area contributed by atoms with E-state index in [4.69, 9.17) is 4.74 Å². The van der Waals surface area contributed by atoms with Crippen LogP contribution in [-0.2, 0) is 22.6 Å². The van der Waals surface area contributed by atoms with Crippen LogP contribution in [0, 0.1) is 5.82 Å². The number of halogens is 2. The molecule has 2 aromatic carbocycles. The molecule has 0 radical (unpaired) electrons. The summed E-state index contributed by atoms with van der Waals surface area (Å²) >= 11 is 3.34. The van der Waals surface area contributed by atoms with Crippen molar-refractivity contribution in [1.29, 1.82) is 0 Å². The van der Waals surface area contributed by atoms with Crippen molar-refractivity contribution in [3.8, 4) is 5.75 Å². The zero-order valence-corrected chi connectivity index (χ0v) is 16.5. The van der Waals surface area contributed by atoms with Crippen LogP contribution in [0.4, 0.5) is 4.39 Å². The van der Waals surface area contributed by atoms with Gasteiger partial charge < -0.3 is 9.47 Å². The summed E-state index contributed by atoms with van der Waals surface area (Å²) in [7, 11) is 1.41. The summed E-state index contributed by atoms with van der Waals surface area (Å²) in [6.07, 6.45) is 4.94. The summed E-state index contributed by atoms with van der Waals surface area (Å²) in [4.78, 5) is 11.1. The summed E-state index contributed by atoms with van der Waals surface area (Å²) < 4.78 is 23.3. The molecule has 0 heterocycles. The summed E-state index contributed by atoms with van der Waals surface area (Å²) in [5.74, 6) is 0.356. The molecule has 0 saturated carbocycles. The summed E-state index contributed by atoms with van der Waals surface area (Å²) in [6, 6.07) is 14.4. The fraction of sp³-hybridized carbons (Fsp3) is 0.381. The van der Waals surface area contributed by atoms with Crippen molar-refractivity contribution in [1.82, 2.24) is 0 Å². The molecule has 2 rings (SSSR count). The molecule has 0 amide bonds. The molecule has 1 unspecified atom stereocenters. The lowest BCUT2D eigenvalue weighted by Gasteiger charge is -2.08. The Hall–Kier alpha value is -1.88. The second kappa shape index (κ2) is 11.0. The van der Waals surface area contributed by atoms with Crippen LogP contribution in [0.15, 0.2) is 48.5 Å². The molecule has 2 aromatic rings. The highest BCUT2D eigenvalue weighted by atomic mass is 79.9. The van der Waals surface area contributed by atoms with Gasteiger partial charge in [-0.15, -0.1) is 0 Å². The van der Waals surface area contributed by atoms with Gasteiger partial charge in [-0.25, -0.2) is 4.39 Å². The van der Waals surface area contributed by atoms with Gasteiger partial charge in [0, 0.05) is 0 Å². The highest BCUT2D eigenvalue weighted by Crippen LogP contribution is 2.17. The number of hydrogen-bond donors (Lipinski definition) is 0. The molecule has 0 saturated heterocycles. The molecule has 140 valence electrons. The molecular weight excluding hydrogens is 399 g/mol. The number of rotatable bonds is 10. The zero-order valence-electron chi connectivity index (χ0n) is 14.9. The van der Waals surface area contributed by atoms with E-state index in [1.165, 1.54) is 24.8 Å². The second-order valence-electron chi connectivity index (χ2n) is 6.15. The number of hydrogen-bond acceptors (Lipinski definition) is 3. The molecule has 0 bridgehead atoms. The summed E-state index contributed by atoms with van der Waals surface area (Å²) in [5.41, 5.74) is 2.20. The minimum Gasteiger partial charge on any atom is -0.489 e. The van der Waals surface area contributed by atoms with Crippen LogP contribution in [0.3, 0.4) is 0 Å². The van der Waals surface area contributed by atoms with Crippen LogP contribution >= 0.6 is 15.9 Å². The lowest BCUT2D eigenvalue weighted by molar-refractivity contribution is -0.139. The van der Waals surface area contributed by atoms with E-state index in [0.717, 1.165) is 43.4 Å². The van der Waals surface area contributed by atoms with Gasteiger partial charge in [-0.05, 0) is 54.7 Å². The van der Waals surface area contributed by atoms with Crippen molar-refractivity contribution in [3.63, 3.8) is 0 Å². The third kappa shape index (κ3) is 7.16. The number of esters is 1. The molecule has 0 aliphatic carbocycles. The first-order valence-corrected chi connectivity index (χ1v) is 9.68. The van der Waals surface area contributed by atoms with E-state index >= 15 is 0 Å². The molecule has 0 aliphatic heterocycles. The third-order valence-corrected chi connectivity index (χ3v) is 4.95. The van der Waals surface area contributed by atoms with Crippen molar-refractivity contribution in [2.45, 2.75) is 43.5 Å². The molecule has 0 aromatic heterocycles. The largest absolute Gasteiger partial charge is 0.489 e. The quantitative estimate of drug-likeness (QED) is 0.290. The average molecular weight is 423 g/mol. The first-order valence-electron chi connectivity index (χ1n) is 8.76. The Labute approximate surface area is 162 Å². The highest BCUT2D eigenvalue weighted by molar-refractivity contribution is 9.10. The number of benzene rings is 2. The van der Waals surface area contributed by atoms with Gasteiger partial charge in [-0.2, -0.15) is 0 Å². The molecule has 0 N–H and O–H groups in total. The Kier molecular flexibility index (Phi) is 8.62. The predicted octanol–water partition coefficient (Wildman–Crippen LogP) is 5.44. The van der Waals surface area contributed by atoms with E-state index in [1.807, 2.05) is 12.1 Å².